The minimum absolute atomic E-state index is 0.0117. The Morgan fingerprint density at radius 3 is 2.51 bits per heavy atom. The van der Waals surface area contributed by atoms with Crippen molar-refractivity contribution in [2.24, 2.45) is 5.92 Å². The Morgan fingerprint density at radius 2 is 1.77 bits per heavy atom. The van der Waals surface area contributed by atoms with E-state index < -0.39 is 17.2 Å². The highest BCUT2D eigenvalue weighted by Crippen LogP contribution is 2.37. The molecule has 0 atom stereocenters. The van der Waals surface area contributed by atoms with E-state index in [1.165, 1.54) is 6.07 Å². The van der Waals surface area contributed by atoms with Crippen LogP contribution in [0.5, 0.6) is 0 Å². The molecule has 4 aromatic rings. The summed E-state index contributed by atoms with van der Waals surface area (Å²) in [5.41, 5.74) is 0.654. The number of furan rings is 1. The number of nitrogens with zero attached hydrogens (tertiary/aromatic N) is 1. The number of benzene rings is 2. The number of fused-ring (bicyclic) bond motifs is 2. The summed E-state index contributed by atoms with van der Waals surface area (Å²) in [6, 6.07) is 9.53. The Balaban J connectivity index is 1.07. The minimum Gasteiger partial charge on any atom is -0.451 e. The van der Waals surface area contributed by atoms with Gasteiger partial charge in [0.05, 0.1) is 10.5 Å². The van der Waals surface area contributed by atoms with E-state index in [0.717, 1.165) is 50.0 Å². The lowest BCUT2D eigenvalue weighted by molar-refractivity contribution is 0.0910. The number of rotatable bonds is 6. The summed E-state index contributed by atoms with van der Waals surface area (Å²) in [4.78, 5) is 38.9. The first-order valence-corrected chi connectivity index (χ1v) is 13.8. The Labute approximate surface area is 233 Å². The van der Waals surface area contributed by atoms with Gasteiger partial charge in [0.25, 0.3) is 11.8 Å². The fourth-order valence-corrected chi connectivity index (χ4v) is 5.72. The molecule has 6 rings (SSSR count). The van der Waals surface area contributed by atoms with Gasteiger partial charge >= 0.3 is 0 Å². The summed E-state index contributed by atoms with van der Waals surface area (Å²) >= 11 is 12.0. The van der Waals surface area contributed by atoms with Crippen LogP contribution in [0.2, 0.25) is 10.0 Å². The molecule has 0 saturated heterocycles. The standard InChI is InChI=1S/C29H26Cl2FN3O4/c30-17-3-8-25-16(9-17)10-26(39-25)29(38)33-13-15-1-4-18(5-2-15)34-28(37)21-14-35(19-6-7-19)24-12-22(31)23(32)11-20(24)27(21)36/h3,8-12,14-15,18-19H,1-2,4-7,13H2,(H,33,38)(H,34,37). The molecule has 2 saturated carbocycles. The lowest BCUT2D eigenvalue weighted by Gasteiger charge is -2.29. The molecule has 2 aromatic carbocycles. The van der Waals surface area contributed by atoms with E-state index in [1.807, 2.05) is 4.57 Å². The fraction of sp³-hybridized carbons (Fsp3) is 0.345. The summed E-state index contributed by atoms with van der Waals surface area (Å²) < 4.78 is 21.7. The van der Waals surface area contributed by atoms with Crippen molar-refractivity contribution < 1.29 is 18.4 Å². The maximum Gasteiger partial charge on any atom is 0.287 e. The van der Waals surface area contributed by atoms with Crippen molar-refractivity contribution in [1.29, 1.82) is 0 Å². The molecular formula is C29H26Cl2FN3O4. The maximum atomic E-state index is 14.2. The Hall–Kier alpha value is -3.36. The maximum absolute atomic E-state index is 14.2. The zero-order valence-electron chi connectivity index (χ0n) is 20.9. The van der Waals surface area contributed by atoms with E-state index in [0.29, 0.717) is 22.7 Å². The third kappa shape index (κ3) is 5.28. The number of nitrogens with one attached hydrogen (secondary N) is 2. The fourth-order valence-electron chi connectivity index (χ4n) is 5.39. The van der Waals surface area contributed by atoms with Crippen LogP contribution in [0.25, 0.3) is 21.9 Å². The molecule has 10 heteroatoms. The molecule has 2 amide bonds. The van der Waals surface area contributed by atoms with Crippen LogP contribution in [-0.2, 0) is 0 Å². The van der Waals surface area contributed by atoms with Crippen LogP contribution in [0, 0.1) is 11.7 Å². The van der Waals surface area contributed by atoms with E-state index in [4.69, 9.17) is 27.6 Å². The average Bonchev–Trinajstić information content (AvgIpc) is 3.67. The summed E-state index contributed by atoms with van der Waals surface area (Å²) in [7, 11) is 0. The Morgan fingerprint density at radius 1 is 1.00 bits per heavy atom. The van der Waals surface area contributed by atoms with Gasteiger partial charge in [0.2, 0.25) is 5.43 Å². The van der Waals surface area contributed by atoms with Gasteiger partial charge in [-0.05, 0) is 80.8 Å². The molecule has 2 aromatic heterocycles. The Bertz CT molecular complexity index is 1670. The molecular weight excluding hydrogens is 544 g/mol. The van der Waals surface area contributed by atoms with E-state index in [9.17, 15) is 18.8 Å². The molecule has 0 unspecified atom stereocenters. The van der Waals surface area contributed by atoms with Crippen LogP contribution in [0.4, 0.5) is 4.39 Å². The van der Waals surface area contributed by atoms with Gasteiger partial charge in [-0.25, -0.2) is 4.39 Å². The van der Waals surface area contributed by atoms with Crippen molar-refractivity contribution >= 4 is 56.9 Å². The van der Waals surface area contributed by atoms with Crippen molar-refractivity contribution in [2.75, 3.05) is 6.54 Å². The van der Waals surface area contributed by atoms with Crippen molar-refractivity contribution in [2.45, 2.75) is 50.6 Å². The summed E-state index contributed by atoms with van der Waals surface area (Å²) in [5.74, 6) is -0.910. The largest absolute Gasteiger partial charge is 0.451 e. The second-order valence-electron chi connectivity index (χ2n) is 10.5. The SMILES string of the molecule is O=C(NCC1CCC(NC(=O)c2cn(C3CC3)c3cc(Cl)c(F)cc3c2=O)CC1)c1cc2cc(Cl)ccc2o1. The Kier molecular flexibility index (Phi) is 6.85. The van der Waals surface area contributed by atoms with Crippen LogP contribution >= 0.6 is 23.2 Å². The van der Waals surface area contributed by atoms with E-state index in [1.54, 1.807) is 30.5 Å². The smallest absolute Gasteiger partial charge is 0.287 e. The van der Waals surface area contributed by atoms with Crippen LogP contribution in [0.3, 0.4) is 0 Å². The molecule has 0 spiro atoms. The van der Waals surface area contributed by atoms with Gasteiger partial charge in [0, 0.05) is 40.6 Å². The van der Waals surface area contributed by atoms with Crippen LogP contribution in [0.15, 0.2) is 51.8 Å². The van der Waals surface area contributed by atoms with Crippen LogP contribution in [-0.4, -0.2) is 29.0 Å². The quantitative estimate of drug-likeness (QED) is 0.287. The zero-order valence-corrected chi connectivity index (χ0v) is 22.4. The summed E-state index contributed by atoms with van der Waals surface area (Å²) in [6.45, 7) is 0.502. The molecule has 0 radical (unpaired) electrons. The highest BCUT2D eigenvalue weighted by molar-refractivity contribution is 6.31. The normalized spacial score (nSPS) is 19.4. The number of pyridine rings is 1. The van der Waals surface area contributed by atoms with Crippen LogP contribution < -0.4 is 16.1 Å². The van der Waals surface area contributed by atoms with Gasteiger partial charge in [0.1, 0.15) is 17.0 Å². The van der Waals surface area contributed by atoms with Gasteiger partial charge < -0.3 is 19.6 Å². The second kappa shape index (κ2) is 10.3. The first kappa shape index (κ1) is 25.9. The van der Waals surface area contributed by atoms with Gasteiger partial charge in [-0.1, -0.05) is 23.2 Å². The minimum atomic E-state index is -0.684. The summed E-state index contributed by atoms with van der Waals surface area (Å²) in [6.07, 6.45) is 6.52. The second-order valence-corrected chi connectivity index (χ2v) is 11.3. The molecule has 39 heavy (non-hydrogen) atoms. The van der Waals surface area contributed by atoms with Gasteiger partial charge in [0.15, 0.2) is 5.76 Å². The van der Waals surface area contributed by atoms with E-state index in [2.05, 4.69) is 10.6 Å². The number of carbonyl (C=O) groups excluding carboxylic acids is 2. The van der Waals surface area contributed by atoms with Crippen LogP contribution in [0.1, 0.15) is 65.5 Å². The van der Waals surface area contributed by atoms with Crippen molar-refractivity contribution in [3.63, 3.8) is 0 Å². The lowest BCUT2D eigenvalue weighted by Crippen LogP contribution is -2.41. The molecule has 2 aliphatic rings. The molecule has 2 heterocycles. The zero-order chi connectivity index (χ0) is 27.3. The highest BCUT2D eigenvalue weighted by Gasteiger charge is 2.29. The number of aromatic nitrogens is 1. The topological polar surface area (TPSA) is 93.3 Å². The monoisotopic (exact) mass is 569 g/mol. The van der Waals surface area contributed by atoms with Crippen molar-refractivity contribution in [3.8, 4) is 0 Å². The van der Waals surface area contributed by atoms with E-state index >= 15 is 0 Å². The first-order chi connectivity index (χ1) is 18.8. The number of hydrogen-bond acceptors (Lipinski definition) is 4. The van der Waals surface area contributed by atoms with Gasteiger partial charge in [-0.15, -0.1) is 0 Å². The van der Waals surface area contributed by atoms with Crippen molar-refractivity contribution in [3.05, 3.63) is 80.0 Å². The summed E-state index contributed by atoms with van der Waals surface area (Å²) in [5, 5.41) is 7.39. The molecule has 7 nitrogen and oxygen atoms in total. The average molecular weight is 570 g/mol. The van der Waals surface area contributed by atoms with Crippen molar-refractivity contribution in [1.82, 2.24) is 15.2 Å². The van der Waals surface area contributed by atoms with Gasteiger partial charge in [-0.2, -0.15) is 0 Å². The molecule has 0 bridgehead atoms. The van der Waals surface area contributed by atoms with E-state index in [-0.39, 0.29) is 45.6 Å². The third-order valence-corrected chi connectivity index (χ3v) is 8.22. The predicted octanol–water partition coefficient (Wildman–Crippen LogP) is 6.25. The molecule has 2 fully saturated rings. The predicted molar refractivity (Wildman–Crippen MR) is 148 cm³/mol. The molecule has 0 aliphatic heterocycles. The lowest BCUT2D eigenvalue weighted by atomic mass is 9.86. The first-order valence-electron chi connectivity index (χ1n) is 13.1. The third-order valence-electron chi connectivity index (χ3n) is 7.69. The number of amides is 2. The number of hydrogen-bond donors (Lipinski definition) is 2. The molecule has 2 N–H and O–H groups in total. The number of halogens is 3. The molecule has 202 valence electrons. The molecule has 2 aliphatic carbocycles. The number of carbonyl (C=O) groups is 2. The van der Waals surface area contributed by atoms with Gasteiger partial charge in [-0.3, -0.25) is 14.4 Å². The highest BCUT2D eigenvalue weighted by atomic mass is 35.5.